The van der Waals surface area contributed by atoms with Gasteiger partial charge < -0.3 is 4.57 Å². The van der Waals surface area contributed by atoms with E-state index in [4.69, 9.17) is 11.6 Å². The van der Waals surface area contributed by atoms with Gasteiger partial charge in [0.1, 0.15) is 5.57 Å². The molecule has 0 unspecified atom stereocenters. The second-order valence-corrected chi connectivity index (χ2v) is 7.87. The minimum Gasteiger partial charge on any atom is -0.318 e. The third kappa shape index (κ3) is 3.78. The number of rotatable bonds is 3. The van der Waals surface area contributed by atoms with Crippen LogP contribution in [-0.4, -0.2) is 22.4 Å². The Morgan fingerprint density at radius 3 is 2.13 bits per heavy atom. The zero-order valence-electron chi connectivity index (χ0n) is 17.3. The molecule has 1 N–H and O–H groups in total. The number of imide groups is 2. The van der Waals surface area contributed by atoms with Crippen LogP contribution in [0.5, 0.6) is 0 Å². The molecule has 0 atom stereocenters. The summed E-state index contributed by atoms with van der Waals surface area (Å²) in [5.41, 5.74) is 4.71. The van der Waals surface area contributed by atoms with Crippen LogP contribution in [0.1, 0.15) is 22.5 Å². The van der Waals surface area contributed by atoms with Crippen LogP contribution in [0, 0.1) is 20.8 Å². The Balaban J connectivity index is 1.75. The van der Waals surface area contributed by atoms with E-state index in [-0.39, 0.29) is 5.57 Å². The van der Waals surface area contributed by atoms with Crippen molar-refractivity contribution in [3.05, 3.63) is 87.7 Å². The third-order valence-electron chi connectivity index (χ3n) is 5.25. The number of barbiturate groups is 1. The molecule has 0 spiro atoms. The Morgan fingerprint density at radius 2 is 1.48 bits per heavy atom. The molecule has 1 fully saturated rings. The number of aromatic nitrogens is 1. The number of benzene rings is 2. The highest BCUT2D eigenvalue weighted by Gasteiger charge is 2.37. The quantitative estimate of drug-likeness (QED) is 0.479. The SMILES string of the molecule is Cc1ccc(N2C(=O)NC(=O)/C(=C\c3cc(C)n(-c4ccc(Cl)cc4)c3C)C2=O)cc1. The van der Waals surface area contributed by atoms with E-state index in [1.807, 2.05) is 43.5 Å². The molecule has 3 aromatic rings. The van der Waals surface area contributed by atoms with Crippen molar-refractivity contribution in [2.24, 2.45) is 0 Å². The highest BCUT2D eigenvalue weighted by Crippen LogP contribution is 2.26. The number of hydrogen-bond donors (Lipinski definition) is 1. The third-order valence-corrected chi connectivity index (χ3v) is 5.50. The largest absolute Gasteiger partial charge is 0.335 e. The van der Waals surface area contributed by atoms with Gasteiger partial charge in [-0.3, -0.25) is 14.9 Å². The Kier molecular flexibility index (Phi) is 5.25. The van der Waals surface area contributed by atoms with Crippen LogP contribution in [0.25, 0.3) is 11.8 Å². The normalized spacial score (nSPS) is 15.5. The predicted molar refractivity (Wildman–Crippen MR) is 120 cm³/mol. The first kappa shape index (κ1) is 20.6. The molecule has 1 aliphatic heterocycles. The van der Waals surface area contributed by atoms with Crippen LogP contribution < -0.4 is 10.2 Å². The molecule has 1 aromatic heterocycles. The molecule has 1 aliphatic rings. The van der Waals surface area contributed by atoms with E-state index in [9.17, 15) is 14.4 Å². The summed E-state index contributed by atoms with van der Waals surface area (Å²) in [6, 6.07) is 15.5. The predicted octanol–water partition coefficient (Wildman–Crippen LogP) is 4.72. The highest BCUT2D eigenvalue weighted by molar-refractivity contribution is 6.39. The first-order valence-electron chi connectivity index (χ1n) is 9.69. The lowest BCUT2D eigenvalue weighted by Crippen LogP contribution is -2.54. The van der Waals surface area contributed by atoms with Crippen LogP contribution in [0.3, 0.4) is 0 Å². The molecule has 0 saturated carbocycles. The fourth-order valence-electron chi connectivity index (χ4n) is 3.66. The maximum absolute atomic E-state index is 13.1. The second-order valence-electron chi connectivity index (χ2n) is 7.43. The molecule has 6 nitrogen and oxygen atoms in total. The minimum absolute atomic E-state index is 0.100. The van der Waals surface area contributed by atoms with Gasteiger partial charge in [0, 0.05) is 22.1 Å². The number of anilines is 1. The number of urea groups is 1. The van der Waals surface area contributed by atoms with E-state index in [1.165, 1.54) is 6.08 Å². The maximum atomic E-state index is 13.1. The molecule has 1 saturated heterocycles. The Labute approximate surface area is 184 Å². The lowest BCUT2D eigenvalue weighted by molar-refractivity contribution is -0.122. The summed E-state index contributed by atoms with van der Waals surface area (Å²) >= 11 is 6.00. The molecule has 7 heteroatoms. The van der Waals surface area contributed by atoms with Crippen molar-refractivity contribution < 1.29 is 14.4 Å². The summed E-state index contributed by atoms with van der Waals surface area (Å²) in [7, 11) is 0. The minimum atomic E-state index is -0.761. The zero-order chi connectivity index (χ0) is 22.3. The molecular formula is C24H20ClN3O3. The first-order chi connectivity index (χ1) is 14.8. The van der Waals surface area contributed by atoms with Gasteiger partial charge in [0.05, 0.1) is 5.69 Å². The zero-order valence-corrected chi connectivity index (χ0v) is 18.0. The van der Waals surface area contributed by atoms with Crippen LogP contribution >= 0.6 is 11.6 Å². The van der Waals surface area contributed by atoms with E-state index >= 15 is 0 Å². The van der Waals surface area contributed by atoms with Crippen LogP contribution in [0.15, 0.2) is 60.2 Å². The number of amides is 4. The molecular weight excluding hydrogens is 414 g/mol. The van der Waals surface area contributed by atoms with E-state index in [1.54, 1.807) is 36.4 Å². The fraction of sp³-hybridized carbons (Fsp3) is 0.125. The van der Waals surface area contributed by atoms with Crippen molar-refractivity contribution in [3.8, 4) is 5.69 Å². The summed E-state index contributed by atoms with van der Waals surface area (Å²) in [5, 5.41) is 2.90. The number of nitrogens with one attached hydrogen (secondary N) is 1. The average molecular weight is 434 g/mol. The smallest absolute Gasteiger partial charge is 0.318 e. The molecule has 0 bridgehead atoms. The van der Waals surface area contributed by atoms with E-state index in [0.717, 1.165) is 27.5 Å². The second kappa shape index (κ2) is 7.89. The molecule has 4 amide bonds. The van der Waals surface area contributed by atoms with Crippen LogP contribution in [-0.2, 0) is 9.59 Å². The van der Waals surface area contributed by atoms with E-state index < -0.39 is 17.8 Å². The molecule has 2 aromatic carbocycles. The van der Waals surface area contributed by atoms with Crippen molar-refractivity contribution in [1.82, 2.24) is 9.88 Å². The Morgan fingerprint density at radius 1 is 0.871 bits per heavy atom. The van der Waals surface area contributed by atoms with Gasteiger partial charge in [-0.2, -0.15) is 0 Å². The van der Waals surface area contributed by atoms with Gasteiger partial charge in [-0.1, -0.05) is 29.3 Å². The van der Waals surface area contributed by atoms with Gasteiger partial charge in [0.2, 0.25) is 0 Å². The number of hydrogen-bond acceptors (Lipinski definition) is 3. The molecule has 4 rings (SSSR count). The van der Waals surface area contributed by atoms with Gasteiger partial charge in [0.25, 0.3) is 11.8 Å². The van der Waals surface area contributed by atoms with Crippen LogP contribution in [0.4, 0.5) is 10.5 Å². The van der Waals surface area contributed by atoms with Crippen molar-refractivity contribution in [1.29, 1.82) is 0 Å². The van der Waals surface area contributed by atoms with E-state index in [2.05, 4.69) is 5.32 Å². The molecule has 156 valence electrons. The highest BCUT2D eigenvalue weighted by atomic mass is 35.5. The van der Waals surface area contributed by atoms with E-state index in [0.29, 0.717) is 16.3 Å². The number of halogens is 1. The lowest BCUT2D eigenvalue weighted by Gasteiger charge is -2.26. The number of aryl methyl sites for hydroxylation is 2. The Bertz CT molecular complexity index is 1240. The van der Waals surface area contributed by atoms with Crippen LogP contribution in [0.2, 0.25) is 5.02 Å². The number of nitrogens with zero attached hydrogens (tertiary/aromatic N) is 2. The topological polar surface area (TPSA) is 71.4 Å². The summed E-state index contributed by atoms with van der Waals surface area (Å²) < 4.78 is 2.01. The van der Waals surface area contributed by atoms with Crippen molar-refractivity contribution in [2.75, 3.05) is 4.90 Å². The van der Waals surface area contributed by atoms with Crippen molar-refractivity contribution in [3.63, 3.8) is 0 Å². The average Bonchev–Trinajstić information content (AvgIpc) is 3.00. The van der Waals surface area contributed by atoms with Gasteiger partial charge >= 0.3 is 6.03 Å². The van der Waals surface area contributed by atoms with Gasteiger partial charge in [-0.05, 0) is 74.9 Å². The summed E-state index contributed by atoms with van der Waals surface area (Å²) in [4.78, 5) is 38.9. The van der Waals surface area contributed by atoms with Gasteiger partial charge in [0.15, 0.2) is 0 Å². The lowest BCUT2D eigenvalue weighted by atomic mass is 10.1. The molecule has 2 heterocycles. The standard InChI is InChI=1S/C24H20ClN3O3/c1-14-4-8-20(9-5-14)28-23(30)21(22(29)26-24(28)31)13-17-12-15(2)27(16(17)3)19-10-6-18(25)7-11-19/h4-13H,1-3H3,(H,26,29,31)/b21-13+. The molecule has 0 aliphatic carbocycles. The van der Waals surface area contributed by atoms with Crippen molar-refractivity contribution >= 4 is 41.2 Å². The fourth-order valence-corrected chi connectivity index (χ4v) is 3.79. The monoisotopic (exact) mass is 433 g/mol. The molecule has 31 heavy (non-hydrogen) atoms. The summed E-state index contributed by atoms with van der Waals surface area (Å²) in [5.74, 6) is -1.37. The maximum Gasteiger partial charge on any atom is 0.335 e. The summed E-state index contributed by atoms with van der Waals surface area (Å²) in [6.07, 6.45) is 1.53. The van der Waals surface area contributed by atoms with Gasteiger partial charge in [-0.25, -0.2) is 9.69 Å². The molecule has 0 radical (unpaired) electrons. The first-order valence-corrected chi connectivity index (χ1v) is 10.1. The van der Waals surface area contributed by atoms with Crippen molar-refractivity contribution in [2.45, 2.75) is 20.8 Å². The summed E-state index contributed by atoms with van der Waals surface area (Å²) in [6.45, 7) is 5.75. The van der Waals surface area contributed by atoms with Gasteiger partial charge in [-0.15, -0.1) is 0 Å². The Hall–Kier alpha value is -3.64. The number of carbonyl (C=O) groups is 3. The number of carbonyl (C=O) groups excluding carboxylic acids is 3.